The van der Waals surface area contributed by atoms with Gasteiger partial charge in [0.1, 0.15) is 0 Å². The zero-order valence-electron chi connectivity index (χ0n) is 17.1. The molecule has 1 aromatic carbocycles. The normalized spacial score (nSPS) is 16.0. The Morgan fingerprint density at radius 3 is 2.63 bits per heavy atom. The molecule has 3 aromatic rings. The van der Waals surface area contributed by atoms with Gasteiger partial charge in [-0.05, 0) is 30.5 Å². The van der Waals surface area contributed by atoms with Crippen LogP contribution in [0.1, 0.15) is 28.8 Å². The number of hydrogen-bond acceptors (Lipinski definition) is 6. The number of rotatable bonds is 5. The van der Waals surface area contributed by atoms with Gasteiger partial charge in [0.15, 0.2) is 0 Å². The Kier molecular flexibility index (Phi) is 4.32. The Bertz CT molecular complexity index is 1100. The molecule has 0 bridgehead atoms. The smallest absolute Gasteiger partial charge is 0.253 e. The number of aliphatic hydroxyl groups excluding tert-OH is 1. The van der Waals surface area contributed by atoms with E-state index >= 15 is 0 Å². The number of fused-ring (bicyclic) bond motifs is 2. The molecular weight excluding hydrogens is 380 g/mol. The van der Waals surface area contributed by atoms with E-state index in [9.17, 15) is 4.79 Å². The van der Waals surface area contributed by atoms with E-state index in [0.29, 0.717) is 18.1 Å². The molecule has 1 aliphatic heterocycles. The number of imidazole rings is 1. The summed E-state index contributed by atoms with van der Waals surface area (Å²) in [5, 5.41) is 9.14. The summed E-state index contributed by atoms with van der Waals surface area (Å²) in [6.45, 7) is 1.08. The Balaban J connectivity index is 1.48. The maximum Gasteiger partial charge on any atom is 0.253 e. The van der Waals surface area contributed by atoms with Crippen molar-refractivity contribution in [3.63, 3.8) is 0 Å². The highest BCUT2D eigenvalue weighted by molar-refractivity contribution is 5.96. The highest BCUT2D eigenvalue weighted by atomic mass is 16.3. The summed E-state index contributed by atoms with van der Waals surface area (Å²) in [5.74, 6) is 0.531. The fourth-order valence-electron chi connectivity index (χ4n) is 4.19. The molecule has 1 fully saturated rings. The van der Waals surface area contributed by atoms with E-state index in [1.165, 1.54) is 10.5 Å². The number of aryl methyl sites for hydroxylation is 1. The fraction of sp³-hybridized carbons (Fsp3) is 0.364. The molecular formula is C22H24N6O2. The highest BCUT2D eigenvalue weighted by Crippen LogP contribution is 2.57. The Hall–Kier alpha value is -3.26. The Morgan fingerprint density at radius 2 is 2.00 bits per heavy atom. The number of aliphatic hydroxyl groups is 1. The SMILES string of the molecule is CN(CCO)C(=O)c1ccc2c(c1)N(c1ncc(-c3cn(C)cn3)cn1)CC21CC1. The largest absolute Gasteiger partial charge is 0.395 e. The van der Waals surface area contributed by atoms with Gasteiger partial charge in [-0.3, -0.25) is 4.79 Å². The average Bonchev–Trinajstić information content (AvgIpc) is 3.30. The number of hydrogen-bond donors (Lipinski definition) is 1. The van der Waals surface area contributed by atoms with Crippen LogP contribution in [0.5, 0.6) is 0 Å². The van der Waals surface area contributed by atoms with Gasteiger partial charge >= 0.3 is 0 Å². The summed E-state index contributed by atoms with van der Waals surface area (Å²) in [5.41, 5.74) is 4.73. The van der Waals surface area contributed by atoms with Crippen LogP contribution in [0.15, 0.2) is 43.1 Å². The first-order valence-electron chi connectivity index (χ1n) is 10.1. The number of nitrogens with zero attached hydrogens (tertiary/aromatic N) is 6. The van der Waals surface area contributed by atoms with E-state index in [1.807, 2.05) is 29.9 Å². The molecule has 8 heteroatoms. The minimum absolute atomic E-state index is 0.0567. The molecule has 1 aliphatic carbocycles. The van der Waals surface area contributed by atoms with E-state index in [-0.39, 0.29) is 17.9 Å². The minimum atomic E-state index is -0.102. The van der Waals surface area contributed by atoms with Crippen LogP contribution in [0, 0.1) is 0 Å². The molecule has 0 saturated heterocycles. The maximum atomic E-state index is 12.7. The summed E-state index contributed by atoms with van der Waals surface area (Å²) in [7, 11) is 3.63. The molecule has 2 aromatic heterocycles. The van der Waals surface area contributed by atoms with Crippen molar-refractivity contribution in [2.24, 2.45) is 7.05 Å². The molecule has 30 heavy (non-hydrogen) atoms. The third kappa shape index (κ3) is 3.04. The first-order chi connectivity index (χ1) is 14.5. The van der Waals surface area contributed by atoms with Crippen molar-refractivity contribution in [1.29, 1.82) is 0 Å². The third-order valence-electron chi connectivity index (χ3n) is 6.08. The minimum Gasteiger partial charge on any atom is -0.395 e. The summed E-state index contributed by atoms with van der Waals surface area (Å²) in [6.07, 6.45) is 9.56. The van der Waals surface area contributed by atoms with Crippen molar-refractivity contribution in [3.8, 4) is 11.3 Å². The van der Waals surface area contributed by atoms with Gasteiger partial charge in [0, 0.05) is 68.0 Å². The number of carbonyl (C=O) groups is 1. The van der Waals surface area contributed by atoms with E-state index in [0.717, 1.165) is 36.3 Å². The molecule has 1 amide bonds. The van der Waals surface area contributed by atoms with Gasteiger partial charge in [0.25, 0.3) is 5.91 Å². The number of anilines is 2. The third-order valence-corrected chi connectivity index (χ3v) is 6.08. The summed E-state index contributed by atoms with van der Waals surface area (Å²) in [4.78, 5) is 30.0. The van der Waals surface area contributed by atoms with E-state index < -0.39 is 0 Å². The second kappa shape index (κ2) is 6.91. The summed E-state index contributed by atoms with van der Waals surface area (Å²) >= 11 is 0. The van der Waals surface area contributed by atoms with Crippen molar-refractivity contribution < 1.29 is 9.90 Å². The molecule has 5 rings (SSSR count). The predicted molar refractivity (Wildman–Crippen MR) is 113 cm³/mol. The van der Waals surface area contributed by atoms with Crippen LogP contribution in [0.25, 0.3) is 11.3 Å². The second-order valence-electron chi connectivity index (χ2n) is 8.24. The van der Waals surface area contributed by atoms with Crippen molar-refractivity contribution in [3.05, 3.63) is 54.2 Å². The molecule has 8 nitrogen and oxygen atoms in total. The van der Waals surface area contributed by atoms with Crippen molar-refractivity contribution in [2.45, 2.75) is 18.3 Å². The Morgan fingerprint density at radius 1 is 1.23 bits per heavy atom. The van der Waals surface area contributed by atoms with Crippen LogP contribution in [-0.2, 0) is 12.5 Å². The molecule has 2 aliphatic rings. The van der Waals surface area contributed by atoms with Crippen LogP contribution in [-0.4, -0.2) is 62.2 Å². The lowest BCUT2D eigenvalue weighted by Gasteiger charge is -2.19. The molecule has 154 valence electrons. The molecule has 0 atom stereocenters. The number of aromatic nitrogens is 4. The van der Waals surface area contributed by atoms with Gasteiger partial charge in [-0.2, -0.15) is 0 Å². The van der Waals surface area contributed by atoms with E-state index in [2.05, 4.69) is 25.9 Å². The van der Waals surface area contributed by atoms with Gasteiger partial charge in [-0.1, -0.05) is 6.07 Å². The van der Waals surface area contributed by atoms with E-state index in [1.54, 1.807) is 25.8 Å². The summed E-state index contributed by atoms with van der Waals surface area (Å²) in [6, 6.07) is 5.91. The predicted octanol–water partition coefficient (Wildman–Crippen LogP) is 2.12. The summed E-state index contributed by atoms with van der Waals surface area (Å²) < 4.78 is 1.89. The van der Waals surface area contributed by atoms with Crippen LogP contribution in [0.4, 0.5) is 11.6 Å². The van der Waals surface area contributed by atoms with Crippen LogP contribution < -0.4 is 4.90 Å². The number of amides is 1. The lowest BCUT2D eigenvalue weighted by Crippen LogP contribution is -2.29. The standard InChI is InChI=1S/C22H24N6O2/c1-26-12-18(25-14-26)16-10-23-21(24-11-16)28-13-22(5-6-22)17-4-3-15(9-19(17)28)20(30)27(2)7-8-29/h3-4,9-12,14,29H,5-8,13H2,1-2H3. The first-order valence-corrected chi connectivity index (χ1v) is 10.1. The second-order valence-corrected chi connectivity index (χ2v) is 8.24. The monoisotopic (exact) mass is 404 g/mol. The van der Waals surface area contributed by atoms with Gasteiger partial charge in [-0.25, -0.2) is 15.0 Å². The lowest BCUT2D eigenvalue weighted by molar-refractivity contribution is 0.0767. The molecule has 1 spiro atoms. The molecule has 0 radical (unpaired) electrons. The molecule has 0 unspecified atom stereocenters. The topological polar surface area (TPSA) is 87.4 Å². The van der Waals surface area contributed by atoms with Gasteiger partial charge in [0.05, 0.1) is 18.6 Å². The molecule has 1 saturated carbocycles. The van der Waals surface area contributed by atoms with Crippen molar-refractivity contribution in [1.82, 2.24) is 24.4 Å². The number of carbonyl (C=O) groups excluding carboxylic acids is 1. The van der Waals surface area contributed by atoms with Gasteiger partial charge < -0.3 is 19.5 Å². The van der Waals surface area contributed by atoms with Crippen LogP contribution in [0.2, 0.25) is 0 Å². The number of likely N-dealkylation sites (N-methyl/N-ethyl adjacent to an activating group) is 1. The fourth-order valence-corrected chi connectivity index (χ4v) is 4.19. The van der Waals surface area contributed by atoms with E-state index in [4.69, 9.17) is 5.11 Å². The zero-order chi connectivity index (χ0) is 20.9. The molecule has 1 N–H and O–H groups in total. The van der Waals surface area contributed by atoms with Crippen LogP contribution >= 0.6 is 0 Å². The van der Waals surface area contributed by atoms with Crippen molar-refractivity contribution in [2.75, 3.05) is 31.6 Å². The van der Waals surface area contributed by atoms with Gasteiger partial charge in [-0.15, -0.1) is 0 Å². The molecule has 3 heterocycles. The zero-order valence-corrected chi connectivity index (χ0v) is 17.1. The highest BCUT2D eigenvalue weighted by Gasteiger charge is 2.52. The first kappa shape index (κ1) is 18.7. The van der Waals surface area contributed by atoms with Crippen LogP contribution in [0.3, 0.4) is 0 Å². The number of benzene rings is 1. The van der Waals surface area contributed by atoms with Gasteiger partial charge in [0.2, 0.25) is 5.95 Å². The maximum absolute atomic E-state index is 12.7. The average molecular weight is 404 g/mol. The Labute approximate surface area is 174 Å². The van der Waals surface area contributed by atoms with Crippen molar-refractivity contribution >= 4 is 17.5 Å². The lowest BCUT2D eigenvalue weighted by atomic mass is 9.97. The quantitative estimate of drug-likeness (QED) is 0.701.